The van der Waals surface area contributed by atoms with Gasteiger partial charge in [-0.15, -0.1) is 0 Å². The van der Waals surface area contributed by atoms with Crippen LogP contribution in [0.2, 0.25) is 0 Å². The highest BCUT2D eigenvalue weighted by molar-refractivity contribution is 7.85. The molecule has 2 nitrogen and oxygen atoms in total. The molecule has 1 aliphatic carbocycles. The van der Waals surface area contributed by atoms with E-state index in [0.717, 1.165) is 31.6 Å². The number of nitrogens with one attached hydrogen (secondary N) is 1. The molecule has 3 heteroatoms. The van der Waals surface area contributed by atoms with Crippen LogP contribution in [0.25, 0.3) is 0 Å². The normalized spacial score (nSPS) is 28.4. The number of hydrogen-bond acceptors (Lipinski definition) is 2. The van der Waals surface area contributed by atoms with Crippen molar-refractivity contribution >= 4 is 10.8 Å². The smallest absolute Gasteiger partial charge is 0.0506 e. The van der Waals surface area contributed by atoms with Crippen molar-refractivity contribution in [2.45, 2.75) is 77.5 Å². The molecule has 0 amide bonds. The molecule has 1 aliphatic rings. The Kier molecular flexibility index (Phi) is 6.86. The van der Waals surface area contributed by atoms with E-state index >= 15 is 0 Å². The molecule has 0 radical (unpaired) electrons. The highest BCUT2D eigenvalue weighted by Crippen LogP contribution is 2.40. The van der Waals surface area contributed by atoms with Crippen LogP contribution in [0.5, 0.6) is 0 Å². The molecule has 3 unspecified atom stereocenters. The quantitative estimate of drug-likeness (QED) is 0.686. The second kappa shape index (κ2) is 7.64. The first-order chi connectivity index (χ1) is 8.53. The summed E-state index contributed by atoms with van der Waals surface area (Å²) in [5.41, 5.74) is 0.306. The largest absolute Gasteiger partial charge is 0.312 e. The van der Waals surface area contributed by atoms with E-state index in [2.05, 4.69) is 33.0 Å². The van der Waals surface area contributed by atoms with Crippen molar-refractivity contribution in [3.05, 3.63) is 0 Å². The zero-order valence-corrected chi connectivity index (χ0v) is 13.4. The van der Waals surface area contributed by atoms with Crippen LogP contribution in [-0.2, 0) is 10.8 Å². The second-order valence-electron chi connectivity index (χ2n) is 6.29. The van der Waals surface area contributed by atoms with Gasteiger partial charge in [0.25, 0.3) is 0 Å². The van der Waals surface area contributed by atoms with Crippen LogP contribution >= 0.6 is 0 Å². The Morgan fingerprint density at radius 1 is 1.22 bits per heavy atom. The minimum absolute atomic E-state index is 0.306. The fraction of sp³-hybridized carbons (Fsp3) is 1.00. The van der Waals surface area contributed by atoms with Crippen molar-refractivity contribution in [2.75, 3.05) is 12.3 Å². The SMILES string of the molecule is CCCCCS(=O)C1CCC(C)(C)C1NCCC. The topological polar surface area (TPSA) is 29.1 Å². The van der Waals surface area contributed by atoms with Gasteiger partial charge in [0.15, 0.2) is 0 Å². The van der Waals surface area contributed by atoms with Crippen LogP contribution in [0.3, 0.4) is 0 Å². The van der Waals surface area contributed by atoms with Gasteiger partial charge in [0, 0.05) is 22.6 Å². The van der Waals surface area contributed by atoms with E-state index in [1.807, 2.05) is 0 Å². The average molecular weight is 273 g/mol. The fourth-order valence-corrected chi connectivity index (χ4v) is 4.92. The van der Waals surface area contributed by atoms with Crippen LogP contribution in [0.4, 0.5) is 0 Å². The molecule has 0 spiro atoms. The van der Waals surface area contributed by atoms with Gasteiger partial charge in [-0.3, -0.25) is 4.21 Å². The second-order valence-corrected chi connectivity index (χ2v) is 8.06. The summed E-state index contributed by atoms with van der Waals surface area (Å²) in [7, 11) is -0.639. The summed E-state index contributed by atoms with van der Waals surface area (Å²) in [6.07, 6.45) is 7.05. The van der Waals surface area contributed by atoms with E-state index < -0.39 is 10.8 Å². The van der Waals surface area contributed by atoms with Crippen LogP contribution < -0.4 is 5.32 Å². The van der Waals surface area contributed by atoms with Gasteiger partial charge in [-0.25, -0.2) is 0 Å². The third-order valence-electron chi connectivity index (χ3n) is 4.19. The lowest BCUT2D eigenvalue weighted by Gasteiger charge is -2.31. The highest BCUT2D eigenvalue weighted by Gasteiger charge is 2.43. The Morgan fingerprint density at radius 2 is 1.94 bits per heavy atom. The lowest BCUT2D eigenvalue weighted by atomic mass is 9.87. The first kappa shape index (κ1) is 16.2. The fourth-order valence-electron chi connectivity index (χ4n) is 2.98. The van der Waals surface area contributed by atoms with E-state index in [1.54, 1.807) is 0 Å². The van der Waals surface area contributed by atoms with Crippen LogP contribution in [-0.4, -0.2) is 27.8 Å². The van der Waals surface area contributed by atoms with Gasteiger partial charge < -0.3 is 5.32 Å². The molecule has 0 saturated heterocycles. The minimum atomic E-state index is -0.639. The standard InChI is InChI=1S/C15H31NOS/c1-5-7-8-12-18(17)13-9-10-15(3,4)14(13)16-11-6-2/h13-14,16H,5-12H2,1-4H3. The molecule has 0 aromatic heterocycles. The first-order valence-electron chi connectivity index (χ1n) is 7.63. The van der Waals surface area contributed by atoms with Crippen molar-refractivity contribution in [2.24, 2.45) is 5.41 Å². The number of rotatable bonds is 8. The van der Waals surface area contributed by atoms with Crippen LogP contribution in [0.1, 0.15) is 66.2 Å². The predicted octanol–water partition coefficient (Wildman–Crippen LogP) is 3.48. The van der Waals surface area contributed by atoms with E-state index in [-0.39, 0.29) is 0 Å². The maximum atomic E-state index is 12.5. The average Bonchev–Trinajstić information content (AvgIpc) is 2.62. The first-order valence-corrected chi connectivity index (χ1v) is 9.01. The molecule has 0 heterocycles. The number of hydrogen-bond donors (Lipinski definition) is 1. The van der Waals surface area contributed by atoms with Gasteiger partial charge in [0.05, 0.1) is 5.25 Å². The molecule has 0 bridgehead atoms. The molecule has 0 aliphatic heterocycles. The zero-order valence-electron chi connectivity index (χ0n) is 12.6. The van der Waals surface area contributed by atoms with E-state index in [0.29, 0.717) is 16.7 Å². The van der Waals surface area contributed by atoms with Gasteiger partial charge in [0.2, 0.25) is 0 Å². The molecule has 108 valence electrons. The lowest BCUT2D eigenvalue weighted by molar-refractivity contribution is 0.286. The molecule has 1 N–H and O–H groups in total. The lowest BCUT2D eigenvalue weighted by Crippen LogP contribution is -2.46. The number of unbranched alkanes of at least 4 members (excludes halogenated alkanes) is 2. The van der Waals surface area contributed by atoms with E-state index in [1.165, 1.54) is 19.3 Å². The molecule has 3 atom stereocenters. The molecular weight excluding hydrogens is 242 g/mol. The van der Waals surface area contributed by atoms with Crippen molar-refractivity contribution in [1.82, 2.24) is 5.32 Å². The van der Waals surface area contributed by atoms with Crippen LogP contribution in [0.15, 0.2) is 0 Å². The molecule has 0 aromatic carbocycles. The van der Waals surface area contributed by atoms with Crippen molar-refractivity contribution < 1.29 is 4.21 Å². The Labute approximate surface area is 116 Å². The molecule has 1 fully saturated rings. The maximum absolute atomic E-state index is 12.5. The Morgan fingerprint density at radius 3 is 2.56 bits per heavy atom. The van der Waals surface area contributed by atoms with Crippen molar-refractivity contribution in [3.63, 3.8) is 0 Å². The van der Waals surface area contributed by atoms with Gasteiger partial charge in [0.1, 0.15) is 0 Å². The molecule has 0 aromatic rings. The monoisotopic (exact) mass is 273 g/mol. The van der Waals surface area contributed by atoms with Crippen LogP contribution in [0, 0.1) is 5.41 Å². The predicted molar refractivity (Wildman–Crippen MR) is 81.4 cm³/mol. The molecule has 1 saturated carbocycles. The molecular formula is C15H31NOS. The molecule has 1 rings (SSSR count). The van der Waals surface area contributed by atoms with Gasteiger partial charge in [-0.05, 0) is 37.6 Å². The minimum Gasteiger partial charge on any atom is -0.312 e. The van der Waals surface area contributed by atoms with Crippen molar-refractivity contribution in [1.29, 1.82) is 0 Å². The Hall–Kier alpha value is 0.110. The summed E-state index contributed by atoms with van der Waals surface area (Å²) < 4.78 is 12.5. The van der Waals surface area contributed by atoms with Gasteiger partial charge in [-0.2, -0.15) is 0 Å². The summed E-state index contributed by atoms with van der Waals surface area (Å²) in [6, 6.07) is 0.444. The van der Waals surface area contributed by atoms with E-state index in [9.17, 15) is 4.21 Å². The zero-order chi connectivity index (χ0) is 13.6. The third-order valence-corrected chi connectivity index (χ3v) is 6.06. The summed E-state index contributed by atoms with van der Waals surface area (Å²) in [4.78, 5) is 0. The maximum Gasteiger partial charge on any atom is 0.0506 e. The Bertz CT molecular complexity index is 265. The van der Waals surface area contributed by atoms with Crippen molar-refractivity contribution in [3.8, 4) is 0 Å². The molecule has 18 heavy (non-hydrogen) atoms. The Balaban J connectivity index is 2.54. The third kappa shape index (κ3) is 4.34. The summed E-state index contributed by atoms with van der Waals surface area (Å²) in [5.74, 6) is 0.902. The summed E-state index contributed by atoms with van der Waals surface area (Å²) >= 11 is 0. The summed E-state index contributed by atoms with van der Waals surface area (Å²) in [6.45, 7) is 10.1. The van der Waals surface area contributed by atoms with E-state index in [4.69, 9.17) is 0 Å². The van der Waals surface area contributed by atoms with Gasteiger partial charge in [-0.1, -0.05) is 40.5 Å². The summed E-state index contributed by atoms with van der Waals surface area (Å²) in [5, 5.41) is 4.03. The highest BCUT2D eigenvalue weighted by atomic mass is 32.2. The van der Waals surface area contributed by atoms with Gasteiger partial charge >= 0.3 is 0 Å².